The van der Waals surface area contributed by atoms with Gasteiger partial charge in [-0.15, -0.1) is 0 Å². The summed E-state index contributed by atoms with van der Waals surface area (Å²) in [5.41, 5.74) is 6.29. The SMILES string of the molecule is CC[C@H](O)[C@H](N)c1cc(F)ccc1OC. The van der Waals surface area contributed by atoms with Crippen LogP contribution in [0.1, 0.15) is 24.9 Å². The predicted molar refractivity (Wildman–Crippen MR) is 56.2 cm³/mol. The van der Waals surface area contributed by atoms with Crippen molar-refractivity contribution < 1.29 is 14.2 Å². The number of aliphatic hydroxyl groups excluding tert-OH is 1. The van der Waals surface area contributed by atoms with Crippen LogP contribution in [0, 0.1) is 5.82 Å². The first kappa shape index (κ1) is 11.9. The molecule has 0 bridgehead atoms. The average Bonchev–Trinajstić information content (AvgIpc) is 2.27. The van der Waals surface area contributed by atoms with Gasteiger partial charge in [-0.25, -0.2) is 4.39 Å². The first-order valence-electron chi connectivity index (χ1n) is 4.87. The molecule has 0 amide bonds. The molecule has 4 heteroatoms. The number of halogens is 1. The average molecular weight is 213 g/mol. The van der Waals surface area contributed by atoms with Crippen molar-refractivity contribution in [1.29, 1.82) is 0 Å². The second-order valence-corrected chi connectivity index (χ2v) is 3.39. The monoisotopic (exact) mass is 213 g/mol. The lowest BCUT2D eigenvalue weighted by Gasteiger charge is -2.20. The zero-order valence-corrected chi connectivity index (χ0v) is 8.90. The Morgan fingerprint density at radius 3 is 2.73 bits per heavy atom. The molecule has 3 N–H and O–H groups in total. The van der Waals surface area contributed by atoms with E-state index in [4.69, 9.17) is 10.5 Å². The summed E-state index contributed by atoms with van der Waals surface area (Å²) >= 11 is 0. The van der Waals surface area contributed by atoms with Gasteiger partial charge in [-0.1, -0.05) is 6.92 Å². The third kappa shape index (κ3) is 2.67. The van der Waals surface area contributed by atoms with Gasteiger partial charge in [0.05, 0.1) is 19.3 Å². The van der Waals surface area contributed by atoms with Gasteiger partial charge in [0.2, 0.25) is 0 Å². The van der Waals surface area contributed by atoms with Crippen LogP contribution in [0.4, 0.5) is 4.39 Å². The van der Waals surface area contributed by atoms with Crippen LogP contribution in [0.2, 0.25) is 0 Å². The lowest BCUT2D eigenvalue weighted by molar-refractivity contribution is 0.139. The van der Waals surface area contributed by atoms with Gasteiger partial charge in [-0.2, -0.15) is 0 Å². The fourth-order valence-corrected chi connectivity index (χ4v) is 1.43. The van der Waals surface area contributed by atoms with Gasteiger partial charge in [0.15, 0.2) is 0 Å². The molecule has 0 aliphatic rings. The molecule has 0 saturated carbocycles. The molecular weight excluding hydrogens is 197 g/mol. The van der Waals surface area contributed by atoms with E-state index in [1.165, 1.54) is 25.3 Å². The lowest BCUT2D eigenvalue weighted by Crippen LogP contribution is -2.26. The molecular formula is C11H16FNO2. The molecule has 0 aliphatic heterocycles. The van der Waals surface area contributed by atoms with Gasteiger partial charge in [0.25, 0.3) is 0 Å². The highest BCUT2D eigenvalue weighted by Crippen LogP contribution is 2.27. The molecule has 2 atom stereocenters. The van der Waals surface area contributed by atoms with Crippen LogP contribution in [0.15, 0.2) is 18.2 Å². The van der Waals surface area contributed by atoms with Crippen LogP contribution in [0.3, 0.4) is 0 Å². The Morgan fingerprint density at radius 1 is 1.53 bits per heavy atom. The molecule has 84 valence electrons. The molecule has 0 saturated heterocycles. The second kappa shape index (κ2) is 5.09. The van der Waals surface area contributed by atoms with Gasteiger partial charge < -0.3 is 15.6 Å². The van der Waals surface area contributed by atoms with Crippen LogP contribution in [0.25, 0.3) is 0 Å². The highest BCUT2D eigenvalue weighted by molar-refractivity contribution is 5.36. The van der Waals surface area contributed by atoms with Crippen LogP contribution >= 0.6 is 0 Å². The zero-order chi connectivity index (χ0) is 11.4. The maximum atomic E-state index is 13.0. The molecule has 0 radical (unpaired) electrons. The first-order chi connectivity index (χ1) is 7.10. The van der Waals surface area contributed by atoms with E-state index in [-0.39, 0.29) is 5.82 Å². The summed E-state index contributed by atoms with van der Waals surface area (Å²) in [6.45, 7) is 1.82. The molecule has 0 aromatic heterocycles. The molecule has 0 aliphatic carbocycles. The van der Waals surface area contributed by atoms with Crippen LogP contribution in [0.5, 0.6) is 5.75 Å². The fourth-order valence-electron chi connectivity index (χ4n) is 1.43. The van der Waals surface area contributed by atoms with Crippen molar-refractivity contribution in [2.24, 2.45) is 5.73 Å². The van der Waals surface area contributed by atoms with Gasteiger partial charge in [0, 0.05) is 5.56 Å². The molecule has 1 aromatic carbocycles. The van der Waals surface area contributed by atoms with E-state index in [9.17, 15) is 9.50 Å². The quantitative estimate of drug-likeness (QED) is 0.798. The summed E-state index contributed by atoms with van der Waals surface area (Å²) in [4.78, 5) is 0. The summed E-state index contributed by atoms with van der Waals surface area (Å²) in [7, 11) is 1.49. The van der Waals surface area contributed by atoms with Crippen molar-refractivity contribution in [2.75, 3.05) is 7.11 Å². The molecule has 1 aromatic rings. The molecule has 0 unspecified atom stereocenters. The maximum Gasteiger partial charge on any atom is 0.123 e. The topological polar surface area (TPSA) is 55.5 Å². The Hall–Kier alpha value is -1.13. The van der Waals surface area contributed by atoms with Crippen LogP contribution < -0.4 is 10.5 Å². The minimum Gasteiger partial charge on any atom is -0.496 e. The van der Waals surface area contributed by atoms with Crippen molar-refractivity contribution in [3.8, 4) is 5.75 Å². The molecule has 0 spiro atoms. The number of methoxy groups -OCH3 is 1. The van der Waals surface area contributed by atoms with E-state index in [0.717, 1.165) is 0 Å². The molecule has 0 fully saturated rings. The van der Waals surface area contributed by atoms with Crippen molar-refractivity contribution in [3.63, 3.8) is 0 Å². The van der Waals surface area contributed by atoms with Gasteiger partial charge >= 0.3 is 0 Å². The van der Waals surface area contributed by atoms with Gasteiger partial charge in [-0.3, -0.25) is 0 Å². The van der Waals surface area contributed by atoms with Crippen molar-refractivity contribution in [1.82, 2.24) is 0 Å². The Kier molecular flexibility index (Phi) is 4.05. The Labute approximate surface area is 88.7 Å². The minimum absolute atomic E-state index is 0.385. The highest BCUT2D eigenvalue weighted by atomic mass is 19.1. The number of nitrogens with two attached hydrogens (primary N) is 1. The van der Waals surface area contributed by atoms with Crippen molar-refractivity contribution >= 4 is 0 Å². The lowest BCUT2D eigenvalue weighted by atomic mass is 9.99. The van der Waals surface area contributed by atoms with E-state index in [1.54, 1.807) is 0 Å². The number of rotatable bonds is 4. The standard InChI is InChI=1S/C11H16FNO2/c1-3-9(14)11(13)8-6-7(12)4-5-10(8)15-2/h4-6,9,11,14H,3,13H2,1-2H3/t9-,11+/m0/s1. The van der Waals surface area contributed by atoms with E-state index in [1.807, 2.05) is 6.92 Å². The molecule has 0 heterocycles. The smallest absolute Gasteiger partial charge is 0.123 e. The Balaban J connectivity index is 3.05. The van der Waals surface area contributed by atoms with Crippen molar-refractivity contribution in [2.45, 2.75) is 25.5 Å². The number of benzene rings is 1. The van der Waals surface area contributed by atoms with Gasteiger partial charge in [0.1, 0.15) is 11.6 Å². The highest BCUT2D eigenvalue weighted by Gasteiger charge is 2.19. The zero-order valence-electron chi connectivity index (χ0n) is 8.90. The third-order valence-corrected chi connectivity index (χ3v) is 2.38. The number of hydrogen-bond donors (Lipinski definition) is 2. The van der Waals surface area contributed by atoms with E-state index >= 15 is 0 Å². The van der Waals surface area contributed by atoms with Crippen LogP contribution in [-0.4, -0.2) is 18.3 Å². The molecule has 15 heavy (non-hydrogen) atoms. The minimum atomic E-state index is -0.694. The van der Waals surface area contributed by atoms with Crippen molar-refractivity contribution in [3.05, 3.63) is 29.6 Å². The summed E-state index contributed by atoms with van der Waals surface area (Å²) in [6, 6.07) is 3.48. The summed E-state index contributed by atoms with van der Waals surface area (Å²) in [5, 5.41) is 9.59. The Morgan fingerprint density at radius 2 is 2.20 bits per heavy atom. The fraction of sp³-hybridized carbons (Fsp3) is 0.455. The first-order valence-corrected chi connectivity index (χ1v) is 4.87. The number of ether oxygens (including phenoxy) is 1. The van der Waals surface area contributed by atoms with Gasteiger partial charge in [-0.05, 0) is 24.6 Å². The number of hydrogen-bond acceptors (Lipinski definition) is 3. The summed E-state index contributed by atoms with van der Waals surface area (Å²) in [5.74, 6) is 0.112. The third-order valence-electron chi connectivity index (χ3n) is 2.38. The largest absolute Gasteiger partial charge is 0.496 e. The van der Waals surface area contributed by atoms with E-state index in [0.29, 0.717) is 17.7 Å². The van der Waals surface area contributed by atoms with E-state index in [2.05, 4.69) is 0 Å². The normalized spacial score (nSPS) is 14.7. The second-order valence-electron chi connectivity index (χ2n) is 3.39. The predicted octanol–water partition coefficient (Wildman–Crippen LogP) is 1.61. The summed E-state index contributed by atoms with van der Waals surface area (Å²) in [6.07, 6.45) is -0.179. The summed E-state index contributed by atoms with van der Waals surface area (Å²) < 4.78 is 18.1. The molecule has 1 rings (SSSR count). The molecule has 3 nitrogen and oxygen atoms in total. The number of aliphatic hydroxyl groups is 1. The Bertz CT molecular complexity index is 330. The van der Waals surface area contributed by atoms with Crippen LogP contribution in [-0.2, 0) is 0 Å². The maximum absolute atomic E-state index is 13.0. The van der Waals surface area contributed by atoms with E-state index < -0.39 is 12.1 Å².